The summed E-state index contributed by atoms with van der Waals surface area (Å²) in [6.07, 6.45) is 3.35. The van der Waals surface area contributed by atoms with Gasteiger partial charge >= 0.3 is 0 Å². The van der Waals surface area contributed by atoms with E-state index in [9.17, 15) is 4.79 Å². The van der Waals surface area contributed by atoms with Crippen LogP contribution in [0.1, 0.15) is 11.1 Å². The van der Waals surface area contributed by atoms with E-state index < -0.39 is 0 Å². The van der Waals surface area contributed by atoms with Gasteiger partial charge < -0.3 is 20.7 Å². The summed E-state index contributed by atoms with van der Waals surface area (Å²) in [5.74, 6) is 0.512. The van der Waals surface area contributed by atoms with Crippen LogP contribution in [0.25, 0.3) is 22.3 Å². The smallest absolute Gasteiger partial charge is 0.207 e. The van der Waals surface area contributed by atoms with Crippen LogP contribution in [0.3, 0.4) is 0 Å². The molecule has 0 bridgehead atoms. The summed E-state index contributed by atoms with van der Waals surface area (Å²) >= 11 is 0. The Labute approximate surface area is 207 Å². The number of anilines is 2. The van der Waals surface area contributed by atoms with Crippen molar-refractivity contribution in [2.75, 3.05) is 63.6 Å². The number of aryl methyl sites for hydroxylation is 1. The minimum absolute atomic E-state index is 0.512. The lowest BCUT2D eigenvalue weighted by Crippen LogP contribution is -2.47. The summed E-state index contributed by atoms with van der Waals surface area (Å²) in [6, 6.07) is 17.2. The van der Waals surface area contributed by atoms with Crippen LogP contribution in [0, 0.1) is 6.92 Å². The van der Waals surface area contributed by atoms with E-state index >= 15 is 0 Å². The fraction of sp³-hybridized carbons (Fsp3) is 0.357. The first-order chi connectivity index (χ1) is 17.1. The third-order valence-corrected chi connectivity index (χ3v) is 6.75. The Morgan fingerprint density at radius 3 is 2.49 bits per heavy atom. The van der Waals surface area contributed by atoms with E-state index in [0.717, 1.165) is 74.4 Å². The van der Waals surface area contributed by atoms with Crippen LogP contribution in [-0.2, 0) is 16.0 Å². The summed E-state index contributed by atoms with van der Waals surface area (Å²) in [4.78, 5) is 20.0. The van der Waals surface area contributed by atoms with Gasteiger partial charge in [-0.05, 0) is 53.8 Å². The average molecular weight is 474 g/mol. The van der Waals surface area contributed by atoms with E-state index in [1.807, 2.05) is 6.20 Å². The first-order valence-electron chi connectivity index (χ1n) is 12.2. The van der Waals surface area contributed by atoms with Gasteiger partial charge in [-0.2, -0.15) is 0 Å². The minimum Gasteiger partial charge on any atom is -0.383 e. The second-order valence-corrected chi connectivity index (χ2v) is 8.99. The molecule has 0 unspecified atom stereocenters. The molecule has 7 heteroatoms. The zero-order valence-corrected chi connectivity index (χ0v) is 20.7. The quantitative estimate of drug-likeness (QED) is 0.347. The molecule has 1 amide bonds. The summed E-state index contributed by atoms with van der Waals surface area (Å²) in [7, 11) is 1.76. The molecule has 0 saturated carbocycles. The van der Waals surface area contributed by atoms with Crippen molar-refractivity contribution in [2.45, 2.75) is 13.3 Å². The van der Waals surface area contributed by atoms with Gasteiger partial charge in [0.1, 0.15) is 5.82 Å². The molecule has 35 heavy (non-hydrogen) atoms. The second-order valence-electron chi connectivity index (χ2n) is 8.99. The van der Waals surface area contributed by atoms with Crippen LogP contribution in [-0.4, -0.2) is 69.3 Å². The van der Waals surface area contributed by atoms with Gasteiger partial charge in [0.05, 0.1) is 6.61 Å². The fourth-order valence-electron chi connectivity index (χ4n) is 4.55. The number of nitrogens with zero attached hydrogens (tertiary/aromatic N) is 3. The van der Waals surface area contributed by atoms with Gasteiger partial charge in [0.15, 0.2) is 0 Å². The van der Waals surface area contributed by atoms with E-state index in [2.05, 4.69) is 75.6 Å². The SMILES string of the molecule is COCCN1CCN(c2ccc(-c3cnc(N)c(-c4ccc(C)c(CCNC=O)c4)c3)cc2)CC1. The van der Waals surface area contributed by atoms with Gasteiger partial charge in [-0.15, -0.1) is 0 Å². The Balaban J connectivity index is 1.49. The number of nitrogens with one attached hydrogen (secondary N) is 1. The summed E-state index contributed by atoms with van der Waals surface area (Å²) in [5, 5.41) is 2.74. The average Bonchev–Trinajstić information content (AvgIpc) is 2.89. The number of rotatable bonds is 10. The van der Waals surface area contributed by atoms with Crippen molar-refractivity contribution in [3.63, 3.8) is 0 Å². The van der Waals surface area contributed by atoms with Crippen molar-refractivity contribution in [1.82, 2.24) is 15.2 Å². The summed E-state index contributed by atoms with van der Waals surface area (Å²) < 4.78 is 5.20. The third-order valence-electron chi connectivity index (χ3n) is 6.75. The standard InChI is InChI=1S/C28H35N5O2/c1-21-3-4-24(17-23(21)9-10-30-20-34)27-18-25(19-31-28(27)29)22-5-7-26(8-6-22)33-13-11-32(12-14-33)15-16-35-2/h3-8,17-20H,9-16H2,1-2H3,(H2,29,31)(H,30,34). The molecule has 1 aliphatic rings. The van der Waals surface area contributed by atoms with E-state index in [4.69, 9.17) is 10.5 Å². The molecule has 1 aliphatic heterocycles. The molecule has 0 aliphatic carbocycles. The molecule has 1 saturated heterocycles. The Bertz CT molecular complexity index is 1120. The van der Waals surface area contributed by atoms with Gasteiger partial charge in [-0.3, -0.25) is 9.69 Å². The third kappa shape index (κ3) is 6.18. The van der Waals surface area contributed by atoms with Crippen LogP contribution < -0.4 is 16.0 Å². The Morgan fingerprint density at radius 2 is 1.77 bits per heavy atom. The lowest BCUT2D eigenvalue weighted by Gasteiger charge is -2.36. The molecule has 1 fully saturated rings. The van der Waals surface area contributed by atoms with Gasteiger partial charge in [0.2, 0.25) is 6.41 Å². The first-order valence-corrected chi connectivity index (χ1v) is 12.2. The zero-order valence-electron chi connectivity index (χ0n) is 20.7. The maximum atomic E-state index is 10.6. The van der Waals surface area contributed by atoms with Gasteiger partial charge in [0.25, 0.3) is 0 Å². The van der Waals surface area contributed by atoms with Gasteiger partial charge in [0, 0.05) is 69.4 Å². The van der Waals surface area contributed by atoms with Crippen molar-refractivity contribution >= 4 is 17.9 Å². The molecule has 3 N–H and O–H groups in total. The number of benzene rings is 2. The molecule has 2 aromatic carbocycles. The predicted octanol–water partition coefficient (Wildman–Crippen LogP) is 3.36. The van der Waals surface area contributed by atoms with E-state index in [0.29, 0.717) is 12.4 Å². The Kier molecular flexibility index (Phi) is 8.34. The summed E-state index contributed by atoms with van der Waals surface area (Å²) in [6.45, 7) is 8.63. The highest BCUT2D eigenvalue weighted by Crippen LogP contribution is 2.32. The number of hydrogen-bond acceptors (Lipinski definition) is 6. The van der Waals surface area contributed by atoms with E-state index in [1.165, 1.54) is 16.8 Å². The monoisotopic (exact) mass is 473 g/mol. The van der Waals surface area contributed by atoms with Crippen molar-refractivity contribution in [3.8, 4) is 22.3 Å². The van der Waals surface area contributed by atoms with Gasteiger partial charge in [-0.25, -0.2) is 4.98 Å². The molecule has 4 rings (SSSR count). The largest absolute Gasteiger partial charge is 0.383 e. The molecule has 0 atom stereocenters. The van der Waals surface area contributed by atoms with Crippen LogP contribution in [0.2, 0.25) is 0 Å². The topological polar surface area (TPSA) is 83.7 Å². The molecule has 0 radical (unpaired) electrons. The zero-order chi connectivity index (χ0) is 24.6. The van der Waals surface area contributed by atoms with E-state index in [-0.39, 0.29) is 0 Å². The molecule has 0 spiro atoms. The molecule has 1 aromatic heterocycles. The van der Waals surface area contributed by atoms with Crippen LogP contribution in [0.15, 0.2) is 54.7 Å². The first kappa shape index (κ1) is 24.7. The van der Waals surface area contributed by atoms with Crippen molar-refractivity contribution in [2.24, 2.45) is 0 Å². The highest BCUT2D eigenvalue weighted by molar-refractivity contribution is 5.80. The number of amides is 1. The number of aromatic nitrogens is 1. The number of piperazine rings is 1. The number of hydrogen-bond donors (Lipinski definition) is 2. The predicted molar refractivity (Wildman–Crippen MR) is 143 cm³/mol. The maximum Gasteiger partial charge on any atom is 0.207 e. The number of ether oxygens (including phenoxy) is 1. The highest BCUT2D eigenvalue weighted by atomic mass is 16.5. The van der Waals surface area contributed by atoms with Crippen molar-refractivity contribution < 1.29 is 9.53 Å². The van der Waals surface area contributed by atoms with Crippen LogP contribution in [0.5, 0.6) is 0 Å². The lowest BCUT2D eigenvalue weighted by molar-refractivity contribution is -0.109. The normalized spacial score (nSPS) is 14.2. The van der Waals surface area contributed by atoms with Crippen LogP contribution in [0.4, 0.5) is 11.5 Å². The molecule has 2 heterocycles. The number of methoxy groups -OCH3 is 1. The number of nitrogens with two attached hydrogens (primary N) is 1. The maximum absolute atomic E-state index is 10.6. The molecular weight excluding hydrogens is 438 g/mol. The lowest BCUT2D eigenvalue weighted by atomic mass is 9.96. The second kappa shape index (κ2) is 11.8. The molecule has 7 nitrogen and oxygen atoms in total. The number of nitrogen functional groups attached to an aromatic ring is 1. The molecule has 3 aromatic rings. The highest BCUT2D eigenvalue weighted by Gasteiger charge is 2.17. The fourth-order valence-corrected chi connectivity index (χ4v) is 4.55. The number of carbonyl (C=O) groups excluding carboxylic acids is 1. The molecule has 184 valence electrons. The van der Waals surface area contributed by atoms with Crippen molar-refractivity contribution in [1.29, 1.82) is 0 Å². The Hall–Kier alpha value is -3.42. The number of carbonyl (C=O) groups is 1. The van der Waals surface area contributed by atoms with Gasteiger partial charge in [-0.1, -0.05) is 30.3 Å². The van der Waals surface area contributed by atoms with E-state index in [1.54, 1.807) is 7.11 Å². The van der Waals surface area contributed by atoms with Crippen molar-refractivity contribution in [3.05, 3.63) is 65.9 Å². The summed E-state index contributed by atoms with van der Waals surface area (Å²) in [5.41, 5.74) is 14.0. The number of pyridine rings is 1. The van der Waals surface area contributed by atoms with Crippen LogP contribution >= 0.6 is 0 Å². The Morgan fingerprint density at radius 1 is 1.03 bits per heavy atom. The minimum atomic E-state index is 0.512. The molecular formula is C28H35N5O2.